The van der Waals surface area contributed by atoms with Gasteiger partial charge in [-0.15, -0.1) is 0 Å². The highest BCUT2D eigenvalue weighted by Gasteiger charge is 2.52. The third-order valence-electron chi connectivity index (χ3n) is 5.27. The van der Waals surface area contributed by atoms with Crippen molar-refractivity contribution in [1.29, 1.82) is 0 Å². The lowest BCUT2D eigenvalue weighted by Gasteiger charge is -2.27. The van der Waals surface area contributed by atoms with E-state index in [1.54, 1.807) is 0 Å². The Bertz CT molecular complexity index is 733. The van der Waals surface area contributed by atoms with Crippen molar-refractivity contribution >= 4 is 17.8 Å². The molecule has 8 heteroatoms. The molecule has 2 atom stereocenters. The maximum absolute atomic E-state index is 13.3. The van der Waals surface area contributed by atoms with Crippen molar-refractivity contribution in [3.05, 3.63) is 35.6 Å². The number of hydrogen-bond donors (Lipinski definition) is 2. The van der Waals surface area contributed by atoms with Gasteiger partial charge in [-0.1, -0.05) is 31.9 Å². The van der Waals surface area contributed by atoms with Crippen LogP contribution in [0.1, 0.15) is 44.6 Å². The van der Waals surface area contributed by atoms with E-state index in [4.69, 9.17) is 4.74 Å². The lowest BCUT2D eigenvalue weighted by Crippen LogP contribution is -2.45. The average Bonchev–Trinajstić information content (AvgIpc) is 3.28. The SMILES string of the molecule is CCCC[C@]1(c2ccc(F)cc2)NC(=O)N(CC(=O)NC[C@H]2CCCO2)C1=O. The van der Waals surface area contributed by atoms with Crippen LogP contribution in [-0.4, -0.2) is 48.5 Å². The van der Waals surface area contributed by atoms with Crippen molar-refractivity contribution in [3.8, 4) is 0 Å². The predicted molar refractivity (Wildman–Crippen MR) is 99.8 cm³/mol. The van der Waals surface area contributed by atoms with Gasteiger partial charge in [-0.2, -0.15) is 0 Å². The number of ether oxygens (including phenoxy) is 1. The molecule has 2 aliphatic heterocycles. The zero-order valence-corrected chi connectivity index (χ0v) is 16.0. The van der Waals surface area contributed by atoms with Crippen LogP contribution in [0.2, 0.25) is 0 Å². The van der Waals surface area contributed by atoms with Crippen LogP contribution >= 0.6 is 0 Å². The Hall–Kier alpha value is -2.48. The molecule has 0 aliphatic carbocycles. The monoisotopic (exact) mass is 391 g/mol. The van der Waals surface area contributed by atoms with Gasteiger partial charge in [0, 0.05) is 13.2 Å². The number of rotatable bonds is 8. The predicted octanol–water partition coefficient (Wildman–Crippen LogP) is 2.06. The Labute approximate surface area is 163 Å². The lowest BCUT2D eigenvalue weighted by atomic mass is 9.85. The lowest BCUT2D eigenvalue weighted by molar-refractivity contribution is -0.135. The number of nitrogens with zero attached hydrogens (tertiary/aromatic N) is 1. The molecule has 4 amide bonds. The number of urea groups is 1. The summed E-state index contributed by atoms with van der Waals surface area (Å²) in [5.74, 6) is -1.31. The highest BCUT2D eigenvalue weighted by Crippen LogP contribution is 2.34. The third kappa shape index (κ3) is 4.16. The molecule has 7 nitrogen and oxygen atoms in total. The molecule has 2 fully saturated rings. The summed E-state index contributed by atoms with van der Waals surface area (Å²) in [4.78, 5) is 38.9. The topological polar surface area (TPSA) is 87.7 Å². The molecule has 0 radical (unpaired) electrons. The summed E-state index contributed by atoms with van der Waals surface area (Å²) in [7, 11) is 0. The first kappa shape index (κ1) is 20.3. The van der Waals surface area contributed by atoms with Crippen molar-refractivity contribution in [1.82, 2.24) is 15.5 Å². The normalized spacial score (nSPS) is 24.5. The second-order valence-electron chi connectivity index (χ2n) is 7.28. The number of carbonyl (C=O) groups excluding carboxylic acids is 3. The van der Waals surface area contributed by atoms with Crippen LogP contribution in [0.25, 0.3) is 0 Å². The second kappa shape index (κ2) is 8.68. The number of halogens is 1. The van der Waals surface area contributed by atoms with E-state index in [2.05, 4.69) is 10.6 Å². The smallest absolute Gasteiger partial charge is 0.325 e. The molecule has 2 N–H and O–H groups in total. The Morgan fingerprint density at radius 2 is 2.11 bits per heavy atom. The van der Waals surface area contributed by atoms with Gasteiger partial charge in [-0.3, -0.25) is 14.5 Å². The summed E-state index contributed by atoms with van der Waals surface area (Å²) >= 11 is 0. The van der Waals surface area contributed by atoms with Crippen molar-refractivity contribution in [2.75, 3.05) is 19.7 Å². The molecule has 1 aromatic carbocycles. The molecule has 3 rings (SSSR count). The number of nitrogens with one attached hydrogen (secondary N) is 2. The summed E-state index contributed by atoms with van der Waals surface area (Å²) in [6.07, 6.45) is 3.73. The van der Waals surface area contributed by atoms with Gasteiger partial charge in [-0.05, 0) is 37.0 Å². The van der Waals surface area contributed by atoms with Crippen molar-refractivity contribution in [3.63, 3.8) is 0 Å². The summed E-state index contributed by atoms with van der Waals surface area (Å²) in [5, 5.41) is 5.47. The minimum atomic E-state index is -1.27. The van der Waals surface area contributed by atoms with Crippen molar-refractivity contribution in [2.45, 2.75) is 50.7 Å². The van der Waals surface area contributed by atoms with Crippen LogP contribution in [0, 0.1) is 5.82 Å². The summed E-state index contributed by atoms with van der Waals surface area (Å²) in [6, 6.07) is 4.92. The van der Waals surface area contributed by atoms with Gasteiger partial charge in [-0.25, -0.2) is 9.18 Å². The molecule has 1 aromatic rings. The molecule has 2 saturated heterocycles. The van der Waals surface area contributed by atoms with Crippen LogP contribution in [-0.2, 0) is 19.9 Å². The number of amides is 4. The quantitative estimate of drug-likeness (QED) is 0.664. The Morgan fingerprint density at radius 1 is 1.36 bits per heavy atom. The fourth-order valence-corrected chi connectivity index (χ4v) is 3.69. The van der Waals surface area contributed by atoms with Crippen LogP contribution in [0.3, 0.4) is 0 Å². The summed E-state index contributed by atoms with van der Waals surface area (Å²) < 4.78 is 18.8. The highest BCUT2D eigenvalue weighted by atomic mass is 19.1. The number of carbonyl (C=O) groups is 3. The Balaban J connectivity index is 1.72. The second-order valence-corrected chi connectivity index (χ2v) is 7.28. The van der Waals surface area contributed by atoms with Crippen LogP contribution in [0.5, 0.6) is 0 Å². The van der Waals surface area contributed by atoms with E-state index >= 15 is 0 Å². The maximum Gasteiger partial charge on any atom is 0.325 e. The summed E-state index contributed by atoms with van der Waals surface area (Å²) in [6.45, 7) is 2.68. The van der Waals surface area contributed by atoms with E-state index < -0.39 is 29.2 Å². The number of imide groups is 1. The third-order valence-corrected chi connectivity index (χ3v) is 5.27. The zero-order valence-electron chi connectivity index (χ0n) is 16.0. The minimum Gasteiger partial charge on any atom is -0.376 e. The van der Waals surface area contributed by atoms with Crippen LogP contribution < -0.4 is 10.6 Å². The highest BCUT2D eigenvalue weighted by molar-refractivity contribution is 6.09. The average molecular weight is 391 g/mol. The van der Waals surface area contributed by atoms with E-state index in [0.29, 0.717) is 31.6 Å². The van der Waals surface area contributed by atoms with Crippen LogP contribution in [0.4, 0.5) is 9.18 Å². The number of hydrogen-bond acceptors (Lipinski definition) is 4. The van der Waals surface area contributed by atoms with E-state index in [9.17, 15) is 18.8 Å². The van der Waals surface area contributed by atoms with E-state index in [1.807, 2.05) is 6.92 Å². The fourth-order valence-electron chi connectivity index (χ4n) is 3.69. The number of benzene rings is 1. The molecule has 0 saturated carbocycles. The minimum absolute atomic E-state index is 0.0186. The summed E-state index contributed by atoms with van der Waals surface area (Å²) in [5.41, 5.74) is -0.752. The van der Waals surface area contributed by atoms with E-state index in [-0.39, 0.29) is 12.6 Å². The van der Waals surface area contributed by atoms with E-state index in [0.717, 1.165) is 24.2 Å². The molecular formula is C20H26FN3O4. The molecule has 0 unspecified atom stereocenters. The first-order chi connectivity index (χ1) is 13.5. The van der Waals surface area contributed by atoms with Gasteiger partial charge in [0.1, 0.15) is 17.9 Å². The van der Waals surface area contributed by atoms with Gasteiger partial charge >= 0.3 is 6.03 Å². The Morgan fingerprint density at radius 3 is 2.75 bits per heavy atom. The van der Waals surface area contributed by atoms with Crippen LogP contribution in [0.15, 0.2) is 24.3 Å². The largest absolute Gasteiger partial charge is 0.376 e. The molecule has 2 aliphatic rings. The van der Waals surface area contributed by atoms with Gasteiger partial charge in [0.15, 0.2) is 0 Å². The van der Waals surface area contributed by atoms with Gasteiger partial charge in [0.2, 0.25) is 5.91 Å². The van der Waals surface area contributed by atoms with Gasteiger partial charge in [0.05, 0.1) is 6.10 Å². The molecular weight excluding hydrogens is 365 g/mol. The number of unbranched alkanes of at least 4 members (excludes halogenated alkanes) is 1. The van der Waals surface area contributed by atoms with Crippen molar-refractivity contribution in [2.24, 2.45) is 0 Å². The maximum atomic E-state index is 13.3. The van der Waals surface area contributed by atoms with Gasteiger partial charge < -0.3 is 15.4 Å². The molecule has 0 aromatic heterocycles. The first-order valence-corrected chi connectivity index (χ1v) is 9.74. The van der Waals surface area contributed by atoms with Crippen molar-refractivity contribution < 1.29 is 23.5 Å². The molecule has 0 bridgehead atoms. The standard InChI is InChI=1S/C20H26FN3O4/c1-2-3-10-20(14-6-8-15(21)9-7-14)18(26)24(19(27)23-20)13-17(25)22-12-16-5-4-11-28-16/h6-9,16H,2-5,10-13H2,1H3,(H,22,25)(H,23,27)/t16-,20-/m1/s1. The molecule has 28 heavy (non-hydrogen) atoms. The fraction of sp³-hybridized carbons (Fsp3) is 0.550. The molecule has 0 spiro atoms. The molecule has 152 valence electrons. The first-order valence-electron chi connectivity index (χ1n) is 9.74. The molecule has 2 heterocycles. The van der Waals surface area contributed by atoms with E-state index in [1.165, 1.54) is 24.3 Å². The Kier molecular flexibility index (Phi) is 6.28. The van der Waals surface area contributed by atoms with Gasteiger partial charge in [0.25, 0.3) is 5.91 Å². The zero-order chi connectivity index (χ0) is 20.1.